The fraction of sp³-hybridized carbons (Fsp3) is 0.472. The molecule has 1 radical (unpaired) electrons. The molecular weight excluding hydrogens is 616 g/mol. The summed E-state index contributed by atoms with van der Waals surface area (Å²) in [6, 6.07) is 8.65. The maximum absolute atomic E-state index is 13.5. The van der Waals surface area contributed by atoms with E-state index >= 15 is 0 Å². The van der Waals surface area contributed by atoms with Crippen molar-refractivity contribution in [3.05, 3.63) is 66.0 Å². The highest BCUT2D eigenvalue weighted by Crippen LogP contribution is 2.48. The van der Waals surface area contributed by atoms with E-state index < -0.39 is 17.5 Å². The van der Waals surface area contributed by atoms with E-state index in [1.165, 1.54) is 19.2 Å². The third-order valence-corrected chi connectivity index (χ3v) is 8.46. The molecule has 257 valence electrons. The van der Waals surface area contributed by atoms with Crippen LogP contribution in [0.15, 0.2) is 42.7 Å². The molecule has 3 heterocycles. The number of methoxy groups -OCH3 is 1. The van der Waals surface area contributed by atoms with Gasteiger partial charge in [-0.15, -0.1) is 0 Å². The largest absolute Gasteiger partial charge is 0.493 e. The quantitative estimate of drug-likeness (QED) is 0.134. The number of fused-ring (bicyclic) bond motifs is 1. The summed E-state index contributed by atoms with van der Waals surface area (Å²) < 4.78 is 38.9. The summed E-state index contributed by atoms with van der Waals surface area (Å²) >= 11 is 0. The smallest absolute Gasteiger partial charge is 0.230 e. The summed E-state index contributed by atoms with van der Waals surface area (Å²) in [4.78, 5) is 23.9. The lowest BCUT2D eigenvalue weighted by atomic mass is 9.63. The summed E-state index contributed by atoms with van der Waals surface area (Å²) in [5.74, 6) is 1.68. The Hall–Kier alpha value is -4.32. The van der Waals surface area contributed by atoms with Crippen molar-refractivity contribution < 1.29 is 23.0 Å². The minimum absolute atomic E-state index is 0.0322. The van der Waals surface area contributed by atoms with Crippen molar-refractivity contribution in [2.75, 3.05) is 37.4 Å². The lowest BCUT2D eigenvalue weighted by molar-refractivity contribution is -0.115. The number of benzene rings is 2. The monoisotopic (exact) mass is 662 g/mol. The van der Waals surface area contributed by atoms with Crippen LogP contribution in [0.5, 0.6) is 11.5 Å². The third kappa shape index (κ3) is 8.58. The van der Waals surface area contributed by atoms with Gasteiger partial charge in [-0.2, -0.15) is 5.10 Å². The molecule has 10 nitrogen and oxygen atoms in total. The molecule has 1 fully saturated rings. The molecule has 3 N–H and O–H groups in total. The van der Waals surface area contributed by atoms with E-state index in [0.29, 0.717) is 52.4 Å². The van der Waals surface area contributed by atoms with Gasteiger partial charge < -0.3 is 20.1 Å². The second-order valence-corrected chi connectivity index (χ2v) is 14.3. The Morgan fingerprint density at radius 2 is 1.73 bits per heavy atom. The number of hydrogen-bond acceptors (Lipinski definition) is 8. The molecule has 1 amide bonds. The Kier molecular flexibility index (Phi) is 10.5. The zero-order valence-corrected chi connectivity index (χ0v) is 28.8. The number of aromatic nitrogens is 4. The standard InChI is InChI=1S/C36H46F2N7O3/c1-35(2,3)33(36(4,5)6)28-10-8-11-45(28)12-9-13-48-30-20-27-26(19-29(30)47-7)34(40-21-39-27)42-31-17-25(43-44-31)18-32(46)41-24-15-22(37)14-23(38)16-24/h14-17,19-21,28H,8-13,18H2,1-7H3,(H,41,46)(H2,39,40,42,43,44)/t28-/m0/s1. The molecule has 0 unspecified atom stereocenters. The van der Waals surface area contributed by atoms with Gasteiger partial charge in [0.05, 0.1) is 25.7 Å². The summed E-state index contributed by atoms with van der Waals surface area (Å²) in [5.41, 5.74) is 1.46. The van der Waals surface area contributed by atoms with E-state index in [2.05, 4.69) is 77.2 Å². The Labute approximate surface area is 281 Å². The SMILES string of the molecule is COc1cc2c(Nc3cc(CC(=O)Nc4cc(F)cc(F)c4)[nH]n3)ncnc2cc1OCCCN1CCC[C@H]1[C](C(C)(C)C)C(C)(C)C. The first kappa shape index (κ1) is 35.0. The highest BCUT2D eigenvalue weighted by Gasteiger charge is 2.44. The maximum atomic E-state index is 13.5. The van der Waals surface area contributed by atoms with E-state index in [4.69, 9.17) is 9.47 Å². The van der Waals surface area contributed by atoms with Crippen molar-refractivity contribution in [1.29, 1.82) is 0 Å². The van der Waals surface area contributed by atoms with Crippen molar-refractivity contribution >= 4 is 34.1 Å². The van der Waals surface area contributed by atoms with Crippen LogP contribution in [0, 0.1) is 28.4 Å². The second-order valence-electron chi connectivity index (χ2n) is 14.3. The molecule has 2 aromatic carbocycles. The summed E-state index contributed by atoms with van der Waals surface area (Å²) in [7, 11) is 1.60. The second kappa shape index (κ2) is 14.4. The minimum Gasteiger partial charge on any atom is -0.493 e. The molecule has 0 spiro atoms. The van der Waals surface area contributed by atoms with Crippen LogP contribution < -0.4 is 20.1 Å². The Morgan fingerprint density at radius 1 is 1.00 bits per heavy atom. The molecule has 1 aliphatic rings. The number of carbonyl (C=O) groups excluding carboxylic acids is 1. The van der Waals surface area contributed by atoms with E-state index in [-0.39, 0.29) is 22.9 Å². The van der Waals surface area contributed by atoms with Crippen LogP contribution in [0.1, 0.15) is 66.5 Å². The molecule has 1 atom stereocenters. The predicted octanol–water partition coefficient (Wildman–Crippen LogP) is 7.46. The van der Waals surface area contributed by atoms with E-state index in [1.807, 2.05) is 12.1 Å². The molecule has 0 saturated carbocycles. The fourth-order valence-corrected chi connectivity index (χ4v) is 7.07. The number of H-pyrrole nitrogens is 1. The molecule has 0 bridgehead atoms. The number of carbonyl (C=O) groups is 1. The zero-order chi connectivity index (χ0) is 34.6. The number of nitrogens with zero attached hydrogens (tertiary/aromatic N) is 4. The maximum Gasteiger partial charge on any atom is 0.230 e. The van der Waals surface area contributed by atoms with Gasteiger partial charge in [-0.3, -0.25) is 14.8 Å². The molecule has 0 aliphatic carbocycles. The summed E-state index contributed by atoms with van der Waals surface area (Å²) in [6.45, 7) is 16.6. The molecular formula is C36H46F2N7O3. The Bertz CT molecular complexity index is 1700. The minimum atomic E-state index is -0.776. The van der Waals surface area contributed by atoms with Crippen molar-refractivity contribution in [1.82, 2.24) is 25.1 Å². The number of nitrogens with one attached hydrogen (secondary N) is 3. The first-order valence-electron chi connectivity index (χ1n) is 16.4. The molecule has 48 heavy (non-hydrogen) atoms. The fourth-order valence-electron chi connectivity index (χ4n) is 7.07. The highest BCUT2D eigenvalue weighted by molar-refractivity contribution is 5.93. The number of rotatable bonds is 12. The van der Waals surface area contributed by atoms with Crippen LogP contribution in [0.25, 0.3) is 10.9 Å². The van der Waals surface area contributed by atoms with Crippen molar-refractivity contribution in [2.45, 2.75) is 73.3 Å². The zero-order valence-electron chi connectivity index (χ0n) is 28.8. The molecule has 12 heteroatoms. The van der Waals surface area contributed by atoms with Crippen LogP contribution in [-0.2, 0) is 11.2 Å². The Morgan fingerprint density at radius 3 is 2.42 bits per heavy atom. The van der Waals surface area contributed by atoms with Gasteiger partial charge in [-0.05, 0) is 54.8 Å². The van der Waals surface area contributed by atoms with Gasteiger partial charge in [0.2, 0.25) is 5.91 Å². The van der Waals surface area contributed by atoms with Crippen molar-refractivity contribution in [2.24, 2.45) is 10.8 Å². The normalized spacial score (nSPS) is 15.7. The number of anilines is 3. The molecule has 5 rings (SSSR count). The number of amides is 1. The van der Waals surface area contributed by atoms with E-state index in [9.17, 15) is 13.6 Å². The average Bonchev–Trinajstić information content (AvgIpc) is 3.62. The average molecular weight is 663 g/mol. The molecule has 1 aliphatic heterocycles. The van der Waals surface area contributed by atoms with Crippen LogP contribution in [-0.4, -0.2) is 63.8 Å². The summed E-state index contributed by atoms with van der Waals surface area (Å²) in [5, 5.41) is 13.4. The van der Waals surface area contributed by atoms with Crippen molar-refractivity contribution in [3.63, 3.8) is 0 Å². The van der Waals surface area contributed by atoms with Crippen LogP contribution in [0.3, 0.4) is 0 Å². The lowest BCUT2D eigenvalue weighted by Crippen LogP contribution is -2.46. The predicted molar refractivity (Wildman–Crippen MR) is 184 cm³/mol. The van der Waals surface area contributed by atoms with Gasteiger partial charge in [-0.25, -0.2) is 18.7 Å². The van der Waals surface area contributed by atoms with Gasteiger partial charge in [0.1, 0.15) is 23.8 Å². The molecule has 1 saturated heterocycles. The van der Waals surface area contributed by atoms with Crippen LogP contribution in [0.4, 0.5) is 26.1 Å². The number of aromatic amines is 1. The molecule has 2 aromatic heterocycles. The van der Waals surface area contributed by atoms with Crippen LogP contribution in [0.2, 0.25) is 0 Å². The van der Waals surface area contributed by atoms with Gasteiger partial charge in [0.15, 0.2) is 17.3 Å². The van der Waals surface area contributed by atoms with Crippen LogP contribution >= 0.6 is 0 Å². The summed E-state index contributed by atoms with van der Waals surface area (Å²) in [6.07, 6.45) is 4.66. The number of halogens is 2. The first-order chi connectivity index (χ1) is 22.7. The Balaban J connectivity index is 1.21. The van der Waals surface area contributed by atoms with Gasteiger partial charge >= 0.3 is 0 Å². The van der Waals surface area contributed by atoms with Gasteiger partial charge in [-0.1, -0.05) is 41.5 Å². The lowest BCUT2D eigenvalue weighted by Gasteiger charge is -2.46. The third-order valence-electron chi connectivity index (χ3n) is 8.46. The van der Waals surface area contributed by atoms with Gasteiger partial charge in [0.25, 0.3) is 0 Å². The number of ether oxygens (including phenoxy) is 2. The topological polar surface area (TPSA) is 117 Å². The number of likely N-dealkylation sites (tertiary alicyclic amines) is 1. The van der Waals surface area contributed by atoms with Crippen molar-refractivity contribution in [3.8, 4) is 11.5 Å². The van der Waals surface area contributed by atoms with E-state index in [1.54, 1.807) is 19.1 Å². The highest BCUT2D eigenvalue weighted by atomic mass is 19.1. The van der Waals surface area contributed by atoms with Gasteiger partial charge in [0, 0.05) is 53.5 Å². The molecule has 4 aromatic rings. The first-order valence-corrected chi connectivity index (χ1v) is 16.4. The van der Waals surface area contributed by atoms with E-state index in [0.717, 1.165) is 37.7 Å². The number of hydrogen-bond donors (Lipinski definition) is 3.